The van der Waals surface area contributed by atoms with Crippen LogP contribution >= 0.6 is 0 Å². The molecule has 1 aromatic rings. The molecule has 2 saturated heterocycles. The number of likely N-dealkylation sites (tertiary alicyclic amines) is 1. The Bertz CT molecular complexity index is 693. The van der Waals surface area contributed by atoms with Crippen molar-refractivity contribution in [3.63, 3.8) is 0 Å². The van der Waals surface area contributed by atoms with E-state index < -0.39 is 17.1 Å². The largest absolute Gasteiger partial charge is 0.444 e. The fraction of sp³-hybridized carbons (Fsp3) is 0.652. The number of benzene rings is 1. The third-order valence-electron chi connectivity index (χ3n) is 5.81. The minimum atomic E-state index is -0.600. The SMILES string of the molecule is CC(C)(C)OC(=O)NCC1(C(=O)N2CC[C@H](Cc3ccccc3)C2)CCOCC1. The van der Waals surface area contributed by atoms with Gasteiger partial charge in [-0.1, -0.05) is 30.3 Å². The zero-order valence-corrected chi connectivity index (χ0v) is 17.9. The number of carbonyl (C=O) groups excluding carboxylic acids is 2. The summed E-state index contributed by atoms with van der Waals surface area (Å²) in [6.45, 7) is 8.45. The lowest BCUT2D eigenvalue weighted by Gasteiger charge is -2.38. The van der Waals surface area contributed by atoms with E-state index in [0.29, 0.717) is 38.5 Å². The number of nitrogens with one attached hydrogen (secondary N) is 1. The minimum Gasteiger partial charge on any atom is -0.444 e. The van der Waals surface area contributed by atoms with Gasteiger partial charge in [0, 0.05) is 32.8 Å². The molecule has 0 aliphatic carbocycles. The van der Waals surface area contributed by atoms with E-state index >= 15 is 0 Å². The molecular weight excluding hydrogens is 368 g/mol. The van der Waals surface area contributed by atoms with Crippen LogP contribution in [0.5, 0.6) is 0 Å². The number of carbonyl (C=O) groups is 2. The van der Waals surface area contributed by atoms with E-state index in [1.54, 1.807) is 0 Å². The van der Waals surface area contributed by atoms with Crippen LogP contribution in [0.15, 0.2) is 30.3 Å². The lowest BCUT2D eigenvalue weighted by Crippen LogP contribution is -2.52. The first-order valence-electron chi connectivity index (χ1n) is 10.7. The molecule has 6 heteroatoms. The summed E-state index contributed by atoms with van der Waals surface area (Å²) in [5.74, 6) is 0.629. The molecule has 0 unspecified atom stereocenters. The van der Waals surface area contributed by atoms with Crippen LogP contribution < -0.4 is 5.32 Å². The summed E-state index contributed by atoms with van der Waals surface area (Å²) in [7, 11) is 0. The predicted octanol–water partition coefficient (Wildman–Crippen LogP) is 3.40. The molecule has 2 amide bonds. The summed E-state index contributed by atoms with van der Waals surface area (Å²) in [4.78, 5) is 27.6. The molecule has 0 radical (unpaired) electrons. The highest BCUT2D eigenvalue weighted by Crippen LogP contribution is 2.34. The highest BCUT2D eigenvalue weighted by atomic mass is 16.6. The molecule has 3 rings (SSSR count). The fourth-order valence-electron chi connectivity index (χ4n) is 4.25. The smallest absolute Gasteiger partial charge is 0.407 e. The lowest BCUT2D eigenvalue weighted by molar-refractivity contribution is -0.146. The Morgan fingerprint density at radius 2 is 1.90 bits per heavy atom. The lowest BCUT2D eigenvalue weighted by atomic mass is 9.78. The first-order chi connectivity index (χ1) is 13.8. The standard InChI is InChI=1S/C23H34N2O4/c1-22(2,3)29-21(27)24-17-23(10-13-28-14-11-23)20(26)25-12-9-19(16-25)15-18-7-5-4-6-8-18/h4-8,19H,9-17H2,1-3H3,(H,24,27)/t19-/m1/s1. The molecule has 2 aliphatic heterocycles. The average molecular weight is 403 g/mol. The molecule has 0 saturated carbocycles. The Balaban J connectivity index is 1.61. The average Bonchev–Trinajstić information content (AvgIpc) is 3.14. The Hall–Kier alpha value is -2.08. The maximum absolute atomic E-state index is 13.5. The summed E-state index contributed by atoms with van der Waals surface area (Å²) >= 11 is 0. The van der Waals surface area contributed by atoms with Gasteiger partial charge in [-0.2, -0.15) is 0 Å². The van der Waals surface area contributed by atoms with Crippen LogP contribution in [0, 0.1) is 11.3 Å². The van der Waals surface area contributed by atoms with Gasteiger partial charge >= 0.3 is 6.09 Å². The summed E-state index contributed by atoms with van der Waals surface area (Å²) in [6.07, 6.45) is 2.80. The van der Waals surface area contributed by atoms with E-state index in [1.165, 1.54) is 5.56 Å². The molecule has 2 aliphatic rings. The van der Waals surface area contributed by atoms with Crippen molar-refractivity contribution in [3.8, 4) is 0 Å². The summed E-state index contributed by atoms with van der Waals surface area (Å²) in [6, 6.07) is 10.4. The fourth-order valence-corrected chi connectivity index (χ4v) is 4.25. The zero-order valence-electron chi connectivity index (χ0n) is 17.9. The molecular formula is C23H34N2O4. The molecule has 2 fully saturated rings. The van der Waals surface area contributed by atoms with Gasteiger partial charge in [0.05, 0.1) is 5.41 Å². The van der Waals surface area contributed by atoms with Crippen molar-refractivity contribution in [3.05, 3.63) is 35.9 Å². The summed E-state index contributed by atoms with van der Waals surface area (Å²) in [5, 5.41) is 2.84. The number of alkyl carbamates (subject to hydrolysis) is 1. The van der Waals surface area contributed by atoms with Crippen molar-refractivity contribution in [2.75, 3.05) is 32.8 Å². The number of amides is 2. The summed E-state index contributed by atoms with van der Waals surface area (Å²) in [5.41, 5.74) is 0.159. The Labute approximate surface area is 173 Å². The molecule has 160 valence electrons. The van der Waals surface area contributed by atoms with Gasteiger partial charge in [0.15, 0.2) is 0 Å². The molecule has 0 spiro atoms. The maximum Gasteiger partial charge on any atom is 0.407 e. The van der Waals surface area contributed by atoms with E-state index in [2.05, 4.69) is 29.6 Å². The van der Waals surface area contributed by atoms with E-state index in [0.717, 1.165) is 25.9 Å². The van der Waals surface area contributed by atoms with E-state index in [9.17, 15) is 9.59 Å². The van der Waals surface area contributed by atoms with Crippen molar-refractivity contribution in [2.45, 2.75) is 52.1 Å². The van der Waals surface area contributed by atoms with Gasteiger partial charge in [0.25, 0.3) is 0 Å². The highest BCUT2D eigenvalue weighted by molar-refractivity contribution is 5.84. The monoisotopic (exact) mass is 402 g/mol. The first-order valence-corrected chi connectivity index (χ1v) is 10.7. The molecule has 2 heterocycles. The van der Waals surface area contributed by atoms with Crippen molar-refractivity contribution in [2.24, 2.45) is 11.3 Å². The predicted molar refractivity (Wildman–Crippen MR) is 112 cm³/mol. The number of rotatable bonds is 5. The molecule has 1 aromatic carbocycles. The van der Waals surface area contributed by atoms with Crippen LogP contribution in [0.25, 0.3) is 0 Å². The van der Waals surface area contributed by atoms with Gasteiger partial charge < -0.3 is 19.7 Å². The normalized spacial score (nSPS) is 21.6. The third-order valence-corrected chi connectivity index (χ3v) is 5.81. The van der Waals surface area contributed by atoms with Gasteiger partial charge in [0.1, 0.15) is 5.60 Å². The van der Waals surface area contributed by atoms with Gasteiger partial charge in [-0.05, 0) is 57.9 Å². The minimum absolute atomic E-state index is 0.146. The van der Waals surface area contributed by atoms with Crippen LogP contribution in [-0.2, 0) is 20.7 Å². The highest BCUT2D eigenvalue weighted by Gasteiger charge is 2.44. The number of hydrogen-bond donors (Lipinski definition) is 1. The second kappa shape index (κ2) is 9.16. The van der Waals surface area contributed by atoms with E-state index in [-0.39, 0.29) is 5.91 Å². The van der Waals surface area contributed by atoms with Crippen LogP contribution in [0.3, 0.4) is 0 Å². The van der Waals surface area contributed by atoms with Gasteiger partial charge in [-0.3, -0.25) is 4.79 Å². The number of hydrogen-bond acceptors (Lipinski definition) is 4. The molecule has 1 atom stereocenters. The number of nitrogens with zero attached hydrogens (tertiary/aromatic N) is 1. The van der Waals surface area contributed by atoms with Crippen molar-refractivity contribution in [1.29, 1.82) is 0 Å². The molecule has 0 bridgehead atoms. The first kappa shape index (κ1) is 21.6. The second-order valence-corrected chi connectivity index (χ2v) is 9.34. The zero-order chi connectivity index (χ0) is 20.9. The summed E-state index contributed by atoms with van der Waals surface area (Å²) < 4.78 is 10.9. The molecule has 6 nitrogen and oxygen atoms in total. The van der Waals surface area contributed by atoms with Gasteiger partial charge in [-0.15, -0.1) is 0 Å². The third kappa shape index (κ3) is 5.95. The van der Waals surface area contributed by atoms with Gasteiger partial charge in [-0.25, -0.2) is 4.79 Å². The number of ether oxygens (including phenoxy) is 2. The Morgan fingerprint density at radius 3 is 2.55 bits per heavy atom. The maximum atomic E-state index is 13.5. The van der Waals surface area contributed by atoms with Crippen molar-refractivity contribution >= 4 is 12.0 Å². The van der Waals surface area contributed by atoms with Crippen LogP contribution in [0.2, 0.25) is 0 Å². The van der Waals surface area contributed by atoms with E-state index in [1.807, 2.05) is 31.7 Å². The molecule has 1 N–H and O–H groups in total. The molecule has 29 heavy (non-hydrogen) atoms. The Kier molecular flexibility index (Phi) is 6.83. The van der Waals surface area contributed by atoms with Crippen molar-refractivity contribution < 1.29 is 19.1 Å². The van der Waals surface area contributed by atoms with Crippen LogP contribution in [0.4, 0.5) is 4.79 Å². The molecule has 0 aromatic heterocycles. The van der Waals surface area contributed by atoms with Crippen LogP contribution in [0.1, 0.15) is 45.6 Å². The quantitative estimate of drug-likeness (QED) is 0.820. The van der Waals surface area contributed by atoms with Crippen LogP contribution in [-0.4, -0.2) is 55.3 Å². The van der Waals surface area contributed by atoms with Gasteiger partial charge in [0.2, 0.25) is 5.91 Å². The second-order valence-electron chi connectivity index (χ2n) is 9.34. The van der Waals surface area contributed by atoms with Crippen molar-refractivity contribution in [1.82, 2.24) is 10.2 Å². The topological polar surface area (TPSA) is 67.9 Å². The van der Waals surface area contributed by atoms with E-state index in [4.69, 9.17) is 9.47 Å². The Morgan fingerprint density at radius 1 is 1.21 bits per heavy atom.